The van der Waals surface area contributed by atoms with E-state index in [2.05, 4.69) is 5.32 Å². The molecule has 0 radical (unpaired) electrons. The Morgan fingerprint density at radius 2 is 1.90 bits per heavy atom. The van der Waals surface area contributed by atoms with Crippen molar-refractivity contribution in [3.05, 3.63) is 69.3 Å². The lowest BCUT2D eigenvalue weighted by atomic mass is 10.1. The predicted octanol–water partition coefficient (Wildman–Crippen LogP) is 3.03. The summed E-state index contributed by atoms with van der Waals surface area (Å²) in [6, 6.07) is 12.3. The van der Waals surface area contributed by atoms with Crippen LogP contribution in [0.4, 0.5) is 11.4 Å². The van der Waals surface area contributed by atoms with E-state index in [9.17, 15) is 14.9 Å². The van der Waals surface area contributed by atoms with Gasteiger partial charge in [-0.1, -0.05) is 6.07 Å². The zero-order valence-electron chi connectivity index (χ0n) is 11.2. The van der Waals surface area contributed by atoms with Crippen LogP contribution in [-0.2, 0) is 0 Å². The van der Waals surface area contributed by atoms with E-state index in [0.717, 1.165) is 5.56 Å². The molecule has 0 spiro atoms. The van der Waals surface area contributed by atoms with Crippen LogP contribution in [0.5, 0.6) is 0 Å². The molecule has 0 atom stereocenters. The monoisotopic (exact) mass is 281 g/mol. The van der Waals surface area contributed by atoms with E-state index < -0.39 is 4.92 Å². The minimum atomic E-state index is -0.526. The lowest BCUT2D eigenvalue weighted by Crippen LogP contribution is -2.12. The molecule has 2 aromatic carbocycles. The Morgan fingerprint density at radius 3 is 2.48 bits per heavy atom. The Balaban J connectivity index is 2.22. The molecule has 1 N–H and O–H groups in total. The lowest BCUT2D eigenvalue weighted by Gasteiger charge is -2.08. The molecule has 0 aromatic heterocycles. The highest BCUT2D eigenvalue weighted by molar-refractivity contribution is 6.04. The average Bonchev–Trinajstić information content (AvgIpc) is 2.49. The van der Waals surface area contributed by atoms with Crippen molar-refractivity contribution in [2.24, 2.45) is 0 Å². The molecule has 0 unspecified atom stereocenters. The van der Waals surface area contributed by atoms with Gasteiger partial charge in [0.25, 0.3) is 11.6 Å². The van der Waals surface area contributed by atoms with Crippen LogP contribution in [0.3, 0.4) is 0 Å². The van der Waals surface area contributed by atoms with Crippen molar-refractivity contribution in [1.82, 2.24) is 0 Å². The number of carbonyl (C=O) groups is 1. The van der Waals surface area contributed by atoms with E-state index in [-0.39, 0.29) is 11.6 Å². The first-order valence-electron chi connectivity index (χ1n) is 6.08. The molecule has 0 fully saturated rings. The van der Waals surface area contributed by atoms with Crippen molar-refractivity contribution in [3.8, 4) is 6.07 Å². The van der Waals surface area contributed by atoms with Gasteiger partial charge in [-0.2, -0.15) is 5.26 Å². The number of aryl methyl sites for hydroxylation is 1. The fourth-order valence-electron chi connectivity index (χ4n) is 1.76. The number of anilines is 1. The number of nitro groups is 1. The van der Waals surface area contributed by atoms with E-state index in [1.807, 2.05) is 13.0 Å². The minimum Gasteiger partial charge on any atom is -0.322 e. The standard InChI is InChI=1S/C15H11N3O3/c1-10-2-3-11(9-16)8-14(10)17-15(19)12-4-6-13(7-5-12)18(20)21/h2-8H,1H3,(H,17,19). The van der Waals surface area contributed by atoms with Gasteiger partial charge in [0.1, 0.15) is 0 Å². The molecule has 0 aliphatic carbocycles. The zero-order valence-corrected chi connectivity index (χ0v) is 11.2. The van der Waals surface area contributed by atoms with Crippen LogP contribution in [0.15, 0.2) is 42.5 Å². The predicted molar refractivity (Wildman–Crippen MR) is 76.9 cm³/mol. The van der Waals surface area contributed by atoms with E-state index in [1.54, 1.807) is 18.2 Å². The Bertz CT molecular complexity index is 746. The number of hydrogen-bond acceptors (Lipinski definition) is 4. The number of benzene rings is 2. The Hall–Kier alpha value is -3.20. The van der Waals surface area contributed by atoms with Crippen LogP contribution in [0.2, 0.25) is 0 Å². The normalized spacial score (nSPS) is 9.71. The van der Waals surface area contributed by atoms with Crippen molar-refractivity contribution in [2.45, 2.75) is 6.92 Å². The summed E-state index contributed by atoms with van der Waals surface area (Å²) in [6.45, 7) is 1.81. The van der Waals surface area contributed by atoms with Crippen LogP contribution >= 0.6 is 0 Å². The van der Waals surface area contributed by atoms with Crippen molar-refractivity contribution < 1.29 is 9.72 Å². The fourth-order valence-corrected chi connectivity index (χ4v) is 1.76. The first-order chi connectivity index (χ1) is 10.0. The summed E-state index contributed by atoms with van der Waals surface area (Å²) >= 11 is 0. The molecule has 104 valence electrons. The number of nitriles is 1. The third-order valence-corrected chi connectivity index (χ3v) is 2.96. The number of carbonyl (C=O) groups excluding carboxylic acids is 1. The SMILES string of the molecule is Cc1ccc(C#N)cc1NC(=O)c1ccc([N+](=O)[O-])cc1. The first kappa shape index (κ1) is 14.2. The number of nitro benzene ring substituents is 1. The third-order valence-electron chi connectivity index (χ3n) is 2.96. The van der Waals surface area contributed by atoms with Gasteiger partial charge in [-0.3, -0.25) is 14.9 Å². The highest BCUT2D eigenvalue weighted by atomic mass is 16.6. The van der Waals surface area contributed by atoms with E-state index in [0.29, 0.717) is 16.8 Å². The molecule has 0 aliphatic rings. The maximum Gasteiger partial charge on any atom is 0.269 e. The Labute approximate surface area is 120 Å². The molecule has 1 amide bonds. The fraction of sp³-hybridized carbons (Fsp3) is 0.0667. The lowest BCUT2D eigenvalue weighted by molar-refractivity contribution is -0.384. The van der Waals surface area contributed by atoms with Crippen LogP contribution in [0.25, 0.3) is 0 Å². The van der Waals surface area contributed by atoms with Gasteiger partial charge in [-0.15, -0.1) is 0 Å². The summed E-state index contributed by atoms with van der Waals surface area (Å²) in [7, 11) is 0. The molecule has 0 aliphatic heterocycles. The van der Waals surface area contributed by atoms with Gasteiger partial charge in [0.05, 0.1) is 16.6 Å². The van der Waals surface area contributed by atoms with Crippen LogP contribution < -0.4 is 5.32 Å². The second kappa shape index (κ2) is 5.84. The largest absolute Gasteiger partial charge is 0.322 e. The van der Waals surface area contributed by atoms with Gasteiger partial charge in [-0.25, -0.2) is 0 Å². The molecule has 2 aromatic rings. The summed E-state index contributed by atoms with van der Waals surface area (Å²) in [6.07, 6.45) is 0. The van der Waals surface area contributed by atoms with E-state index in [1.165, 1.54) is 24.3 Å². The quantitative estimate of drug-likeness (QED) is 0.690. The molecule has 6 heteroatoms. The second-order valence-electron chi connectivity index (χ2n) is 4.40. The molecular formula is C15H11N3O3. The summed E-state index contributed by atoms with van der Waals surface area (Å²) in [5, 5.41) is 22.1. The van der Waals surface area contributed by atoms with Crippen LogP contribution in [0.1, 0.15) is 21.5 Å². The first-order valence-corrected chi connectivity index (χ1v) is 6.08. The summed E-state index contributed by atoms with van der Waals surface area (Å²) in [5.74, 6) is -0.386. The van der Waals surface area contributed by atoms with E-state index in [4.69, 9.17) is 5.26 Å². The smallest absolute Gasteiger partial charge is 0.269 e. The highest BCUT2D eigenvalue weighted by Gasteiger charge is 2.11. The van der Waals surface area contributed by atoms with Gasteiger partial charge in [0.15, 0.2) is 0 Å². The van der Waals surface area contributed by atoms with Gasteiger partial charge in [0.2, 0.25) is 0 Å². The van der Waals surface area contributed by atoms with Crippen molar-refractivity contribution in [2.75, 3.05) is 5.32 Å². The molecule has 2 rings (SSSR count). The number of rotatable bonds is 3. The molecule has 0 saturated heterocycles. The second-order valence-corrected chi connectivity index (χ2v) is 4.40. The number of hydrogen-bond donors (Lipinski definition) is 1. The number of nitrogens with zero attached hydrogens (tertiary/aromatic N) is 2. The molecule has 0 bridgehead atoms. The molecule has 6 nitrogen and oxygen atoms in total. The molecule has 0 heterocycles. The average molecular weight is 281 g/mol. The number of non-ortho nitro benzene ring substituents is 1. The highest BCUT2D eigenvalue weighted by Crippen LogP contribution is 2.18. The molecule has 0 saturated carbocycles. The van der Waals surface area contributed by atoms with Crippen molar-refractivity contribution >= 4 is 17.3 Å². The maximum absolute atomic E-state index is 12.1. The number of amides is 1. The minimum absolute atomic E-state index is 0.0748. The number of nitrogens with one attached hydrogen (secondary N) is 1. The van der Waals surface area contributed by atoms with Gasteiger partial charge >= 0.3 is 0 Å². The molecular weight excluding hydrogens is 270 g/mol. The van der Waals surface area contributed by atoms with E-state index >= 15 is 0 Å². The Morgan fingerprint density at radius 1 is 1.24 bits per heavy atom. The van der Waals surface area contributed by atoms with Crippen molar-refractivity contribution in [3.63, 3.8) is 0 Å². The van der Waals surface area contributed by atoms with Crippen LogP contribution in [-0.4, -0.2) is 10.8 Å². The van der Waals surface area contributed by atoms with Crippen molar-refractivity contribution in [1.29, 1.82) is 5.26 Å². The maximum atomic E-state index is 12.1. The summed E-state index contributed by atoms with van der Waals surface area (Å²) in [5.41, 5.74) is 2.04. The van der Waals surface area contributed by atoms with Crippen LogP contribution in [0, 0.1) is 28.4 Å². The van der Waals surface area contributed by atoms with Gasteiger partial charge < -0.3 is 5.32 Å². The van der Waals surface area contributed by atoms with Gasteiger partial charge in [-0.05, 0) is 36.8 Å². The third kappa shape index (κ3) is 3.22. The summed E-state index contributed by atoms with van der Waals surface area (Å²) in [4.78, 5) is 22.1. The van der Waals surface area contributed by atoms with Gasteiger partial charge in [0, 0.05) is 23.4 Å². The zero-order chi connectivity index (χ0) is 15.4. The molecule has 21 heavy (non-hydrogen) atoms. The summed E-state index contributed by atoms with van der Waals surface area (Å²) < 4.78 is 0. The Kier molecular flexibility index (Phi) is 3.95. The topological polar surface area (TPSA) is 96.0 Å².